The van der Waals surface area contributed by atoms with Crippen molar-refractivity contribution < 1.29 is 9.21 Å². The van der Waals surface area contributed by atoms with Gasteiger partial charge in [-0.2, -0.15) is 0 Å². The summed E-state index contributed by atoms with van der Waals surface area (Å²) in [6.07, 6.45) is 3.84. The third-order valence-corrected chi connectivity index (χ3v) is 5.63. The maximum Gasteiger partial charge on any atom is 0.261 e. The van der Waals surface area contributed by atoms with Crippen molar-refractivity contribution in [3.63, 3.8) is 0 Å². The topological polar surface area (TPSA) is 58.4 Å². The minimum Gasteiger partial charge on any atom is -0.419 e. The van der Waals surface area contributed by atoms with Crippen LogP contribution in [-0.4, -0.2) is 41.5 Å². The Morgan fingerprint density at radius 1 is 1.33 bits per heavy atom. The van der Waals surface area contributed by atoms with Crippen LogP contribution in [0.3, 0.4) is 0 Å². The van der Waals surface area contributed by atoms with Gasteiger partial charge in [-0.25, -0.2) is 4.98 Å². The fourth-order valence-corrected chi connectivity index (χ4v) is 4.37. The summed E-state index contributed by atoms with van der Waals surface area (Å²) in [5.74, 6) is 0.744. The van der Waals surface area contributed by atoms with Gasteiger partial charge in [0, 0.05) is 29.6 Å². The summed E-state index contributed by atoms with van der Waals surface area (Å²) in [5.41, 5.74) is 0.678. The summed E-state index contributed by atoms with van der Waals surface area (Å²) < 4.78 is 5.22. The highest BCUT2D eigenvalue weighted by Gasteiger charge is 2.32. The van der Waals surface area contributed by atoms with Crippen LogP contribution in [0.25, 0.3) is 0 Å². The van der Waals surface area contributed by atoms with Gasteiger partial charge in [-0.3, -0.25) is 4.79 Å². The van der Waals surface area contributed by atoms with E-state index < -0.39 is 0 Å². The molecule has 2 aromatic rings. The van der Waals surface area contributed by atoms with E-state index in [1.807, 2.05) is 24.3 Å². The highest BCUT2D eigenvalue weighted by molar-refractivity contribution is 7.99. The van der Waals surface area contributed by atoms with E-state index in [1.54, 1.807) is 0 Å². The average Bonchev–Trinajstić information content (AvgIpc) is 3.13. The molecular formula is C17H18ClN3O2S. The largest absolute Gasteiger partial charge is 0.419 e. The second kappa shape index (κ2) is 6.78. The van der Waals surface area contributed by atoms with Crippen molar-refractivity contribution in [1.29, 1.82) is 0 Å². The van der Waals surface area contributed by atoms with Crippen LogP contribution in [0.5, 0.6) is 0 Å². The number of carbonyl (C=O) groups is 1. The van der Waals surface area contributed by atoms with Crippen LogP contribution >= 0.6 is 23.4 Å². The molecule has 3 heterocycles. The van der Waals surface area contributed by atoms with Gasteiger partial charge in [0.25, 0.3) is 11.1 Å². The zero-order valence-corrected chi connectivity index (χ0v) is 14.6. The number of aromatic nitrogens is 1. The van der Waals surface area contributed by atoms with Crippen LogP contribution in [0.2, 0.25) is 5.22 Å². The number of nitrogens with one attached hydrogen (secondary N) is 1. The quantitative estimate of drug-likeness (QED) is 0.903. The van der Waals surface area contributed by atoms with E-state index in [9.17, 15) is 4.79 Å². The molecule has 1 N–H and O–H groups in total. The van der Waals surface area contributed by atoms with Crippen LogP contribution in [0.1, 0.15) is 23.2 Å². The van der Waals surface area contributed by atoms with Crippen molar-refractivity contribution in [2.45, 2.75) is 29.0 Å². The molecule has 2 bridgehead atoms. The predicted molar refractivity (Wildman–Crippen MR) is 92.5 cm³/mol. The molecule has 0 aliphatic carbocycles. The number of nitrogens with zero attached hydrogens (tertiary/aromatic N) is 2. The first-order chi connectivity index (χ1) is 11.7. The first kappa shape index (κ1) is 16.0. The molecule has 1 aromatic carbocycles. The van der Waals surface area contributed by atoms with Gasteiger partial charge >= 0.3 is 0 Å². The Kier molecular flexibility index (Phi) is 4.52. The van der Waals surface area contributed by atoms with Gasteiger partial charge in [0.2, 0.25) is 5.22 Å². The lowest BCUT2D eigenvalue weighted by Gasteiger charge is -2.30. The zero-order valence-electron chi connectivity index (χ0n) is 13.1. The van der Waals surface area contributed by atoms with Crippen molar-refractivity contribution >= 4 is 29.3 Å². The Morgan fingerprint density at radius 2 is 2.17 bits per heavy atom. The van der Waals surface area contributed by atoms with Crippen LogP contribution in [0, 0.1) is 5.92 Å². The lowest BCUT2D eigenvalue weighted by atomic mass is 9.96. The molecule has 3 unspecified atom stereocenters. The van der Waals surface area contributed by atoms with Gasteiger partial charge in [0.15, 0.2) is 0 Å². The molecular weight excluding hydrogens is 346 g/mol. The highest BCUT2D eigenvalue weighted by atomic mass is 35.5. The van der Waals surface area contributed by atoms with E-state index in [2.05, 4.69) is 15.2 Å². The molecule has 0 saturated carbocycles. The van der Waals surface area contributed by atoms with Gasteiger partial charge in [-0.05, 0) is 72.9 Å². The van der Waals surface area contributed by atoms with Crippen molar-refractivity contribution in [2.75, 3.05) is 19.6 Å². The monoisotopic (exact) mass is 363 g/mol. The minimum absolute atomic E-state index is 0.00165. The number of amides is 1. The van der Waals surface area contributed by atoms with Gasteiger partial charge in [-0.1, -0.05) is 0 Å². The summed E-state index contributed by atoms with van der Waals surface area (Å²) in [4.78, 5) is 19.9. The molecule has 4 rings (SSSR count). The smallest absolute Gasteiger partial charge is 0.261 e. The maximum absolute atomic E-state index is 12.4. The molecule has 1 amide bonds. The Balaban J connectivity index is 1.36. The van der Waals surface area contributed by atoms with Crippen LogP contribution < -0.4 is 5.32 Å². The second-order valence-corrected chi connectivity index (χ2v) is 7.77. The number of halogens is 1. The molecule has 3 atom stereocenters. The average molecular weight is 364 g/mol. The second-order valence-electron chi connectivity index (χ2n) is 6.38. The molecule has 7 heteroatoms. The molecule has 24 heavy (non-hydrogen) atoms. The lowest BCUT2D eigenvalue weighted by molar-refractivity contribution is 0.0909. The third-order valence-electron chi connectivity index (χ3n) is 4.58. The van der Waals surface area contributed by atoms with Crippen LogP contribution in [-0.2, 0) is 0 Å². The van der Waals surface area contributed by atoms with Gasteiger partial charge in [0.1, 0.15) is 0 Å². The SMILES string of the molecule is O=C(NC1CC2CCN(C2)C1)c1ccc(Sc2ncc(Cl)o2)cc1. The standard InChI is InChI=1S/C17H18ClN3O2S/c18-15-8-19-17(23-15)24-14-3-1-12(2-4-14)16(22)20-13-7-11-5-6-21(9-11)10-13/h1-4,8,11,13H,5-7,9-10H2,(H,20,22). The summed E-state index contributed by atoms with van der Waals surface area (Å²) in [6, 6.07) is 7.72. The fraction of sp³-hybridized carbons (Fsp3) is 0.412. The Hall–Kier alpha value is -1.50. The Labute approximate surface area is 149 Å². The molecule has 2 saturated heterocycles. The highest BCUT2D eigenvalue weighted by Crippen LogP contribution is 2.29. The fourth-order valence-electron chi connectivity index (χ4n) is 3.49. The number of rotatable bonds is 4. The number of piperidine rings is 1. The van der Waals surface area contributed by atoms with Crippen LogP contribution in [0.4, 0.5) is 0 Å². The number of hydrogen-bond acceptors (Lipinski definition) is 5. The lowest BCUT2D eigenvalue weighted by Crippen LogP contribution is -2.47. The van der Waals surface area contributed by atoms with E-state index in [4.69, 9.17) is 16.0 Å². The van der Waals surface area contributed by atoms with Gasteiger partial charge in [0.05, 0.1) is 6.20 Å². The number of hydrogen-bond donors (Lipinski definition) is 1. The molecule has 2 fully saturated rings. The molecule has 1 aromatic heterocycles. The van der Waals surface area contributed by atoms with Crippen molar-refractivity contribution in [2.24, 2.45) is 5.92 Å². The Morgan fingerprint density at radius 3 is 2.88 bits per heavy atom. The first-order valence-corrected chi connectivity index (χ1v) is 9.27. The third kappa shape index (κ3) is 3.61. The minimum atomic E-state index is -0.00165. The van der Waals surface area contributed by atoms with E-state index >= 15 is 0 Å². The number of oxazole rings is 1. The van der Waals surface area contributed by atoms with E-state index in [0.29, 0.717) is 10.8 Å². The number of fused-ring (bicyclic) bond motifs is 2. The number of benzene rings is 1. The molecule has 5 nitrogen and oxygen atoms in total. The number of carbonyl (C=O) groups excluding carboxylic acids is 1. The molecule has 2 aliphatic rings. The first-order valence-electron chi connectivity index (χ1n) is 8.08. The Bertz CT molecular complexity index is 722. The summed E-state index contributed by atoms with van der Waals surface area (Å²) in [5, 5.41) is 3.93. The molecule has 126 valence electrons. The summed E-state index contributed by atoms with van der Waals surface area (Å²) in [7, 11) is 0. The summed E-state index contributed by atoms with van der Waals surface area (Å²) >= 11 is 7.08. The normalized spacial score (nSPS) is 25.6. The van der Waals surface area contributed by atoms with Crippen molar-refractivity contribution in [3.8, 4) is 0 Å². The van der Waals surface area contributed by atoms with Gasteiger partial charge < -0.3 is 14.6 Å². The van der Waals surface area contributed by atoms with E-state index in [1.165, 1.54) is 37.5 Å². The molecule has 0 radical (unpaired) electrons. The molecule has 2 aliphatic heterocycles. The maximum atomic E-state index is 12.4. The van der Waals surface area contributed by atoms with Crippen molar-refractivity contribution in [3.05, 3.63) is 41.2 Å². The van der Waals surface area contributed by atoms with Gasteiger partial charge in [-0.15, -0.1) is 0 Å². The zero-order chi connectivity index (χ0) is 16.5. The summed E-state index contributed by atoms with van der Waals surface area (Å²) in [6.45, 7) is 3.35. The van der Waals surface area contributed by atoms with Crippen molar-refractivity contribution in [1.82, 2.24) is 15.2 Å². The predicted octanol–water partition coefficient (Wildman–Crippen LogP) is 3.30. The van der Waals surface area contributed by atoms with E-state index in [-0.39, 0.29) is 17.2 Å². The van der Waals surface area contributed by atoms with E-state index in [0.717, 1.165) is 23.8 Å². The molecule has 0 spiro atoms. The van der Waals surface area contributed by atoms with Crippen LogP contribution in [0.15, 0.2) is 45.0 Å².